The number of para-hydroxylation sites is 1. The van der Waals surface area contributed by atoms with Crippen molar-refractivity contribution in [2.75, 3.05) is 0 Å². The van der Waals surface area contributed by atoms with E-state index in [1.807, 2.05) is 12.1 Å². The number of fused-ring (bicyclic) bond motifs is 1. The normalized spacial score (nSPS) is 9.55. The Hall–Kier alpha value is -0.350. The van der Waals surface area contributed by atoms with E-state index in [1.165, 1.54) is 0 Å². The van der Waals surface area contributed by atoms with Crippen LogP contribution in [0.2, 0.25) is 5.02 Å². The van der Waals surface area contributed by atoms with Crippen LogP contribution in [0.3, 0.4) is 0 Å². The summed E-state index contributed by atoms with van der Waals surface area (Å²) in [6, 6.07) is 5.48. The van der Waals surface area contributed by atoms with Gasteiger partial charge in [-0.2, -0.15) is 15.4 Å². The third kappa shape index (κ3) is 1.46. The van der Waals surface area contributed by atoms with E-state index in [-0.39, 0.29) is 22.4 Å². The van der Waals surface area contributed by atoms with Gasteiger partial charge in [-0.05, 0) is 12.1 Å². The summed E-state index contributed by atoms with van der Waals surface area (Å²) in [6.07, 6.45) is 0. The van der Waals surface area contributed by atoms with Gasteiger partial charge in [0.05, 0.1) is 5.02 Å². The standard InChI is InChI=1S/C6H4ClN3.Ag/c7-4-2-1-3-5-6(4)9-10-8-5;/h1-3H,(H,8,9,10);. The molecule has 0 aliphatic heterocycles. The molecule has 5 heteroatoms. The first-order valence-electron chi connectivity index (χ1n) is 2.83. The van der Waals surface area contributed by atoms with Crippen LogP contribution in [-0.2, 0) is 22.4 Å². The molecule has 2 aromatic rings. The fourth-order valence-electron chi connectivity index (χ4n) is 0.834. The van der Waals surface area contributed by atoms with E-state index in [2.05, 4.69) is 15.4 Å². The second kappa shape index (κ2) is 3.36. The summed E-state index contributed by atoms with van der Waals surface area (Å²) < 4.78 is 0. The van der Waals surface area contributed by atoms with Crippen molar-refractivity contribution in [2.45, 2.75) is 0 Å². The Morgan fingerprint density at radius 2 is 2.09 bits per heavy atom. The van der Waals surface area contributed by atoms with Gasteiger partial charge in [-0.3, -0.25) is 0 Å². The van der Waals surface area contributed by atoms with Gasteiger partial charge in [0.1, 0.15) is 11.0 Å². The zero-order valence-electron chi connectivity index (χ0n) is 5.31. The van der Waals surface area contributed by atoms with Gasteiger partial charge in [0.25, 0.3) is 0 Å². The van der Waals surface area contributed by atoms with Crippen molar-refractivity contribution < 1.29 is 22.4 Å². The molecule has 2 rings (SSSR count). The van der Waals surface area contributed by atoms with Crippen molar-refractivity contribution in [3.63, 3.8) is 0 Å². The number of nitrogens with zero attached hydrogens (tertiary/aromatic N) is 2. The number of hydrogen-bond donors (Lipinski definition) is 1. The fourth-order valence-corrected chi connectivity index (χ4v) is 1.05. The summed E-state index contributed by atoms with van der Waals surface area (Å²) in [6.45, 7) is 0. The van der Waals surface area contributed by atoms with Gasteiger partial charge >= 0.3 is 0 Å². The summed E-state index contributed by atoms with van der Waals surface area (Å²) in [7, 11) is 0. The first kappa shape index (κ1) is 8.74. The van der Waals surface area contributed by atoms with Crippen LogP contribution >= 0.6 is 11.6 Å². The van der Waals surface area contributed by atoms with Crippen molar-refractivity contribution in [2.24, 2.45) is 0 Å². The molecule has 0 atom stereocenters. The predicted molar refractivity (Wildman–Crippen MR) is 38.9 cm³/mol. The molecular formula is C6H4AgClN3. The Bertz CT molecular complexity index is 359. The van der Waals surface area contributed by atoms with E-state index in [1.54, 1.807) is 6.07 Å². The minimum absolute atomic E-state index is 0. The second-order valence-electron chi connectivity index (χ2n) is 1.93. The van der Waals surface area contributed by atoms with E-state index >= 15 is 0 Å². The SMILES string of the molecule is Clc1cccc2n[nH]nc12.[Ag]. The van der Waals surface area contributed by atoms with Gasteiger partial charge in [0, 0.05) is 22.4 Å². The molecule has 1 aromatic carbocycles. The van der Waals surface area contributed by atoms with Crippen LogP contribution in [-0.4, -0.2) is 15.4 Å². The molecule has 0 bridgehead atoms. The molecule has 61 valence electrons. The molecule has 0 saturated carbocycles. The average molecular weight is 261 g/mol. The minimum atomic E-state index is 0. The minimum Gasteiger partial charge on any atom is -0.197 e. The molecular weight excluding hydrogens is 257 g/mol. The molecule has 11 heavy (non-hydrogen) atoms. The Morgan fingerprint density at radius 1 is 1.27 bits per heavy atom. The van der Waals surface area contributed by atoms with Crippen molar-refractivity contribution in [1.82, 2.24) is 15.4 Å². The van der Waals surface area contributed by atoms with Gasteiger partial charge in [0.2, 0.25) is 0 Å². The maximum atomic E-state index is 5.78. The number of halogens is 1. The monoisotopic (exact) mass is 260 g/mol. The number of nitrogens with one attached hydrogen (secondary N) is 1. The maximum Gasteiger partial charge on any atom is 0.131 e. The van der Waals surface area contributed by atoms with Crippen LogP contribution in [0.25, 0.3) is 11.0 Å². The average Bonchev–Trinajstić information content (AvgIpc) is 2.36. The molecule has 1 N–H and O–H groups in total. The number of benzene rings is 1. The molecule has 0 unspecified atom stereocenters. The van der Waals surface area contributed by atoms with E-state index in [0.717, 1.165) is 11.0 Å². The first-order chi connectivity index (χ1) is 4.88. The van der Waals surface area contributed by atoms with Crippen LogP contribution < -0.4 is 0 Å². The Kier molecular flexibility index (Phi) is 2.67. The largest absolute Gasteiger partial charge is 0.197 e. The Labute approximate surface area is 83.6 Å². The Balaban J connectivity index is 0.000000605. The summed E-state index contributed by atoms with van der Waals surface area (Å²) in [5, 5.41) is 10.8. The van der Waals surface area contributed by atoms with E-state index < -0.39 is 0 Å². The molecule has 0 saturated heterocycles. The first-order valence-corrected chi connectivity index (χ1v) is 3.21. The molecule has 0 aliphatic carbocycles. The van der Waals surface area contributed by atoms with Gasteiger partial charge in [0.15, 0.2) is 0 Å². The van der Waals surface area contributed by atoms with Crippen molar-refractivity contribution in [1.29, 1.82) is 0 Å². The van der Waals surface area contributed by atoms with Gasteiger partial charge < -0.3 is 0 Å². The third-order valence-corrected chi connectivity index (χ3v) is 1.60. The van der Waals surface area contributed by atoms with Crippen molar-refractivity contribution in [3.05, 3.63) is 23.2 Å². The number of hydrogen-bond acceptors (Lipinski definition) is 2. The second-order valence-corrected chi connectivity index (χ2v) is 2.34. The summed E-state index contributed by atoms with van der Waals surface area (Å²) in [5.74, 6) is 0. The number of rotatable bonds is 0. The van der Waals surface area contributed by atoms with Crippen LogP contribution in [0.15, 0.2) is 18.2 Å². The van der Waals surface area contributed by atoms with Crippen LogP contribution in [0.4, 0.5) is 0 Å². The zero-order chi connectivity index (χ0) is 6.97. The van der Waals surface area contributed by atoms with Gasteiger partial charge in [-0.25, -0.2) is 0 Å². The Morgan fingerprint density at radius 3 is 2.82 bits per heavy atom. The van der Waals surface area contributed by atoms with E-state index in [4.69, 9.17) is 11.6 Å². The number of H-pyrrole nitrogens is 1. The van der Waals surface area contributed by atoms with Gasteiger partial charge in [-0.1, -0.05) is 17.7 Å². The maximum absolute atomic E-state index is 5.78. The molecule has 1 heterocycles. The molecule has 0 spiro atoms. The van der Waals surface area contributed by atoms with E-state index in [0.29, 0.717) is 5.02 Å². The zero-order valence-corrected chi connectivity index (χ0v) is 7.54. The quantitative estimate of drug-likeness (QED) is 0.732. The predicted octanol–water partition coefficient (Wildman–Crippen LogP) is 1.61. The number of aromatic nitrogens is 3. The molecule has 0 aliphatic rings. The van der Waals surface area contributed by atoms with Crippen molar-refractivity contribution in [3.8, 4) is 0 Å². The van der Waals surface area contributed by atoms with Crippen molar-refractivity contribution >= 4 is 22.6 Å². The summed E-state index contributed by atoms with van der Waals surface area (Å²) in [4.78, 5) is 0. The van der Waals surface area contributed by atoms with E-state index in [9.17, 15) is 0 Å². The van der Waals surface area contributed by atoms with Gasteiger partial charge in [-0.15, -0.1) is 0 Å². The molecule has 1 aromatic heterocycles. The number of aromatic amines is 1. The van der Waals surface area contributed by atoms with Crippen LogP contribution in [0, 0.1) is 0 Å². The smallest absolute Gasteiger partial charge is 0.131 e. The topological polar surface area (TPSA) is 41.6 Å². The third-order valence-electron chi connectivity index (χ3n) is 1.30. The summed E-state index contributed by atoms with van der Waals surface area (Å²) >= 11 is 5.78. The molecule has 1 radical (unpaired) electrons. The van der Waals surface area contributed by atoms with Crippen LogP contribution in [0.1, 0.15) is 0 Å². The summed E-state index contributed by atoms with van der Waals surface area (Å²) in [5.41, 5.74) is 1.52. The fraction of sp³-hybridized carbons (Fsp3) is 0. The molecule has 3 nitrogen and oxygen atoms in total. The molecule has 0 amide bonds. The van der Waals surface area contributed by atoms with Crippen LogP contribution in [0.5, 0.6) is 0 Å². The molecule has 0 fully saturated rings.